The van der Waals surface area contributed by atoms with Crippen LogP contribution in [0.4, 0.5) is 13.2 Å². The number of nitrogens with zero attached hydrogens (tertiary/aromatic N) is 1. The number of halogens is 3. The Labute approximate surface area is 115 Å². The summed E-state index contributed by atoms with van der Waals surface area (Å²) in [6, 6.07) is 3.73. The van der Waals surface area contributed by atoms with Crippen LogP contribution in [0.3, 0.4) is 0 Å². The van der Waals surface area contributed by atoms with Gasteiger partial charge in [0.1, 0.15) is 5.75 Å². The van der Waals surface area contributed by atoms with E-state index in [0.29, 0.717) is 12.0 Å². The molecule has 1 aromatic rings. The first kappa shape index (κ1) is 16.3. The molecule has 0 radical (unpaired) electrons. The molecule has 0 heterocycles. The Morgan fingerprint density at radius 1 is 1.35 bits per heavy atom. The Morgan fingerprint density at radius 3 is 2.50 bits per heavy atom. The number of hydrogen-bond acceptors (Lipinski definition) is 3. The molecule has 0 spiro atoms. The van der Waals surface area contributed by atoms with Crippen LogP contribution < -0.4 is 10.5 Å². The van der Waals surface area contributed by atoms with Gasteiger partial charge in [-0.1, -0.05) is 6.07 Å². The van der Waals surface area contributed by atoms with Gasteiger partial charge in [0.25, 0.3) is 5.91 Å². The average molecular weight is 290 g/mol. The monoisotopic (exact) mass is 290 g/mol. The van der Waals surface area contributed by atoms with Gasteiger partial charge in [0.2, 0.25) is 0 Å². The van der Waals surface area contributed by atoms with Gasteiger partial charge in [0.05, 0.1) is 5.56 Å². The fourth-order valence-corrected chi connectivity index (χ4v) is 1.52. The summed E-state index contributed by atoms with van der Waals surface area (Å²) in [7, 11) is 3.00. The number of amides is 1. The van der Waals surface area contributed by atoms with Gasteiger partial charge in [-0.3, -0.25) is 4.79 Å². The molecule has 0 aliphatic heterocycles. The summed E-state index contributed by atoms with van der Waals surface area (Å²) in [6.07, 6.45) is -4.19. The predicted octanol–water partition coefficient (Wildman–Crippen LogP) is 1.67. The van der Waals surface area contributed by atoms with Crippen LogP contribution >= 0.6 is 0 Å². The molecule has 0 aliphatic rings. The van der Waals surface area contributed by atoms with Gasteiger partial charge in [0.15, 0.2) is 6.61 Å². The molecule has 2 N–H and O–H groups in total. The number of carbonyl (C=O) groups excluding carboxylic acids is 1. The van der Waals surface area contributed by atoms with Crippen LogP contribution in [0.25, 0.3) is 0 Å². The second-order valence-corrected chi connectivity index (χ2v) is 4.44. The van der Waals surface area contributed by atoms with E-state index in [0.717, 1.165) is 6.07 Å². The number of alkyl halides is 3. The van der Waals surface area contributed by atoms with Crippen molar-refractivity contribution >= 4 is 5.91 Å². The Kier molecular flexibility index (Phi) is 5.38. The fraction of sp³-hybridized carbons (Fsp3) is 0.462. The quantitative estimate of drug-likeness (QED) is 0.897. The second-order valence-electron chi connectivity index (χ2n) is 4.44. The average Bonchev–Trinajstić information content (AvgIpc) is 2.35. The van der Waals surface area contributed by atoms with Crippen LogP contribution in [-0.2, 0) is 17.4 Å². The van der Waals surface area contributed by atoms with Gasteiger partial charge in [-0.2, -0.15) is 13.2 Å². The summed E-state index contributed by atoms with van der Waals surface area (Å²) < 4.78 is 43.8. The molecule has 1 amide bonds. The number of likely N-dealkylation sites (N-methyl/N-ethyl adjacent to an activating group) is 1. The first-order valence-corrected chi connectivity index (χ1v) is 5.99. The highest BCUT2D eigenvalue weighted by atomic mass is 19.4. The summed E-state index contributed by atoms with van der Waals surface area (Å²) in [5.41, 5.74) is 4.91. The minimum absolute atomic E-state index is 0.261. The van der Waals surface area contributed by atoms with Gasteiger partial charge < -0.3 is 15.4 Å². The lowest BCUT2D eigenvalue weighted by atomic mass is 10.1. The van der Waals surface area contributed by atoms with E-state index in [2.05, 4.69) is 0 Å². The minimum Gasteiger partial charge on any atom is -0.483 e. The van der Waals surface area contributed by atoms with Crippen LogP contribution in [0.15, 0.2) is 18.2 Å². The van der Waals surface area contributed by atoms with Crippen molar-refractivity contribution in [3.8, 4) is 5.75 Å². The van der Waals surface area contributed by atoms with E-state index >= 15 is 0 Å². The lowest BCUT2D eigenvalue weighted by Crippen LogP contribution is -2.28. The van der Waals surface area contributed by atoms with E-state index < -0.39 is 24.3 Å². The van der Waals surface area contributed by atoms with Crippen molar-refractivity contribution in [1.29, 1.82) is 0 Å². The van der Waals surface area contributed by atoms with Crippen molar-refractivity contribution < 1.29 is 22.7 Å². The SMILES string of the molecule is CN(C)C(=O)COc1ccc(CCN)cc1C(F)(F)F. The molecule has 1 rings (SSSR count). The Bertz CT molecular complexity index is 473. The third-order valence-corrected chi connectivity index (χ3v) is 2.63. The van der Waals surface area contributed by atoms with Crippen LogP contribution in [-0.4, -0.2) is 38.1 Å². The largest absolute Gasteiger partial charge is 0.483 e. The highest BCUT2D eigenvalue weighted by Crippen LogP contribution is 2.36. The maximum absolute atomic E-state index is 12.9. The molecule has 0 aliphatic carbocycles. The minimum atomic E-state index is -4.54. The zero-order valence-corrected chi connectivity index (χ0v) is 11.3. The Balaban J connectivity index is 2.97. The number of ether oxygens (including phenoxy) is 1. The van der Waals surface area contributed by atoms with Crippen LogP contribution in [0.5, 0.6) is 5.75 Å². The van der Waals surface area contributed by atoms with Crippen LogP contribution in [0.1, 0.15) is 11.1 Å². The van der Waals surface area contributed by atoms with Gasteiger partial charge in [-0.15, -0.1) is 0 Å². The lowest BCUT2D eigenvalue weighted by Gasteiger charge is -2.16. The van der Waals surface area contributed by atoms with Crippen LogP contribution in [0, 0.1) is 0 Å². The van der Waals surface area contributed by atoms with E-state index in [1.807, 2.05) is 0 Å². The lowest BCUT2D eigenvalue weighted by molar-refractivity contribution is -0.140. The maximum atomic E-state index is 12.9. The van der Waals surface area contributed by atoms with Gasteiger partial charge >= 0.3 is 6.18 Å². The molecule has 0 aromatic heterocycles. The Hall–Kier alpha value is -1.76. The fourth-order valence-electron chi connectivity index (χ4n) is 1.52. The smallest absolute Gasteiger partial charge is 0.419 e. The van der Waals surface area contributed by atoms with E-state index in [-0.39, 0.29) is 12.3 Å². The van der Waals surface area contributed by atoms with Crippen molar-refractivity contribution in [1.82, 2.24) is 4.90 Å². The molecule has 7 heteroatoms. The van der Waals surface area contributed by atoms with Crippen molar-refractivity contribution in [2.45, 2.75) is 12.6 Å². The van der Waals surface area contributed by atoms with E-state index in [9.17, 15) is 18.0 Å². The second kappa shape index (κ2) is 6.60. The van der Waals surface area contributed by atoms with Crippen LogP contribution in [0.2, 0.25) is 0 Å². The molecular weight excluding hydrogens is 273 g/mol. The number of benzene rings is 1. The molecule has 20 heavy (non-hydrogen) atoms. The molecule has 4 nitrogen and oxygen atoms in total. The topological polar surface area (TPSA) is 55.6 Å². The van der Waals surface area contributed by atoms with Gasteiger partial charge in [-0.05, 0) is 30.7 Å². The van der Waals surface area contributed by atoms with E-state index in [1.54, 1.807) is 0 Å². The molecule has 0 atom stereocenters. The zero-order valence-electron chi connectivity index (χ0n) is 11.3. The summed E-state index contributed by atoms with van der Waals surface area (Å²) in [6.45, 7) is -0.178. The first-order valence-electron chi connectivity index (χ1n) is 5.99. The van der Waals surface area contributed by atoms with Crippen molar-refractivity contribution in [2.24, 2.45) is 5.73 Å². The summed E-state index contributed by atoms with van der Waals surface area (Å²) in [5, 5.41) is 0. The molecular formula is C13H17F3N2O2. The number of nitrogens with two attached hydrogens (primary N) is 1. The van der Waals surface area contributed by atoms with E-state index in [1.165, 1.54) is 31.1 Å². The summed E-state index contributed by atoms with van der Waals surface area (Å²) in [4.78, 5) is 12.6. The van der Waals surface area contributed by atoms with Crippen molar-refractivity contribution in [3.05, 3.63) is 29.3 Å². The molecule has 1 aromatic carbocycles. The highest BCUT2D eigenvalue weighted by molar-refractivity contribution is 5.77. The highest BCUT2D eigenvalue weighted by Gasteiger charge is 2.34. The van der Waals surface area contributed by atoms with Crippen molar-refractivity contribution in [2.75, 3.05) is 27.2 Å². The summed E-state index contributed by atoms with van der Waals surface area (Å²) in [5.74, 6) is -0.766. The van der Waals surface area contributed by atoms with Gasteiger partial charge in [0, 0.05) is 14.1 Å². The molecule has 0 bridgehead atoms. The summed E-state index contributed by atoms with van der Waals surface area (Å²) >= 11 is 0. The normalized spacial score (nSPS) is 11.3. The number of rotatable bonds is 5. The predicted molar refractivity (Wildman–Crippen MR) is 68.4 cm³/mol. The third kappa shape index (κ3) is 4.41. The van der Waals surface area contributed by atoms with Gasteiger partial charge in [-0.25, -0.2) is 0 Å². The molecule has 112 valence electrons. The number of carbonyl (C=O) groups is 1. The Morgan fingerprint density at radius 2 is 2.00 bits per heavy atom. The molecule has 0 saturated carbocycles. The standard InChI is InChI=1S/C13H17F3N2O2/c1-18(2)12(19)8-20-11-4-3-9(5-6-17)7-10(11)13(14,15)16/h3-4,7H,5-6,8,17H2,1-2H3. The molecule has 0 fully saturated rings. The first-order chi connectivity index (χ1) is 9.25. The third-order valence-electron chi connectivity index (χ3n) is 2.63. The molecule has 0 saturated heterocycles. The number of hydrogen-bond donors (Lipinski definition) is 1. The van der Waals surface area contributed by atoms with Crippen molar-refractivity contribution in [3.63, 3.8) is 0 Å². The van der Waals surface area contributed by atoms with E-state index in [4.69, 9.17) is 10.5 Å². The zero-order chi connectivity index (χ0) is 15.3. The molecule has 0 unspecified atom stereocenters. The maximum Gasteiger partial charge on any atom is 0.419 e.